The molecule has 1 saturated carbocycles. The van der Waals surface area contributed by atoms with Crippen molar-refractivity contribution >= 4 is 28.3 Å². The highest BCUT2D eigenvalue weighted by Crippen LogP contribution is 2.36. The number of carbonyl (C=O) groups excluding carboxylic acids is 1. The Morgan fingerprint density at radius 3 is 2.66 bits per heavy atom. The summed E-state index contributed by atoms with van der Waals surface area (Å²) in [6.45, 7) is 1.84. The predicted octanol–water partition coefficient (Wildman–Crippen LogP) is 4.27. The largest absolute Gasteiger partial charge is 0.379 e. The van der Waals surface area contributed by atoms with E-state index in [1.807, 2.05) is 37.5 Å². The molecule has 1 aromatic carbocycles. The van der Waals surface area contributed by atoms with E-state index in [1.165, 1.54) is 0 Å². The summed E-state index contributed by atoms with van der Waals surface area (Å²) in [5.41, 5.74) is 5.51. The lowest BCUT2D eigenvalue weighted by Gasteiger charge is -2.35. The Hall–Kier alpha value is -4.32. The van der Waals surface area contributed by atoms with E-state index in [9.17, 15) is 4.79 Å². The van der Waals surface area contributed by atoms with Gasteiger partial charge in [0.2, 0.25) is 0 Å². The van der Waals surface area contributed by atoms with Crippen LogP contribution in [0.1, 0.15) is 41.4 Å². The maximum Gasteiger partial charge on any atom is 0.271 e. The minimum atomic E-state index is -0.222. The van der Waals surface area contributed by atoms with E-state index in [-0.39, 0.29) is 30.2 Å². The number of hydrogen-bond donors (Lipinski definition) is 1. The van der Waals surface area contributed by atoms with Gasteiger partial charge < -0.3 is 29.0 Å². The van der Waals surface area contributed by atoms with Crippen LogP contribution in [-0.4, -0.2) is 82.8 Å². The zero-order chi connectivity index (χ0) is 30.2. The van der Waals surface area contributed by atoms with E-state index in [0.717, 1.165) is 52.8 Å². The van der Waals surface area contributed by atoms with Crippen LogP contribution < -0.4 is 10.2 Å². The van der Waals surface area contributed by atoms with Crippen LogP contribution in [0.25, 0.3) is 27.9 Å². The van der Waals surface area contributed by atoms with Crippen LogP contribution in [0.5, 0.6) is 0 Å². The van der Waals surface area contributed by atoms with Gasteiger partial charge in [-0.1, -0.05) is 30.3 Å². The fourth-order valence-corrected chi connectivity index (χ4v) is 6.40. The number of rotatable bonds is 9. The van der Waals surface area contributed by atoms with Gasteiger partial charge in [-0.05, 0) is 43.0 Å². The van der Waals surface area contributed by atoms with Crippen molar-refractivity contribution in [2.75, 3.05) is 39.4 Å². The number of nitrogens with one attached hydrogen (secondary N) is 1. The number of hydrogen-bond acceptors (Lipinski definition) is 8. The summed E-state index contributed by atoms with van der Waals surface area (Å²) in [7, 11) is 5.44. The minimum absolute atomic E-state index is 0.0222. The third kappa shape index (κ3) is 5.10. The summed E-state index contributed by atoms with van der Waals surface area (Å²) < 4.78 is 20.9. The van der Waals surface area contributed by atoms with Crippen molar-refractivity contribution in [1.29, 1.82) is 0 Å². The van der Waals surface area contributed by atoms with Crippen molar-refractivity contribution in [1.82, 2.24) is 29.5 Å². The lowest BCUT2D eigenvalue weighted by atomic mass is 9.89. The number of fused-ring (bicyclic) bond motifs is 2. The lowest BCUT2D eigenvalue weighted by Crippen LogP contribution is -2.51. The Morgan fingerprint density at radius 2 is 1.89 bits per heavy atom. The standard InChI is InChI=1S/C33H37N7O4/c1-38(18-21-8-5-4-6-9-21)27-16-25(37-40-28(17-35-32(27)40)33(41)36-24-11-12-29(24)42-2)23-19-39(31-22(23)10-7-14-34-31)26-13-15-44-20-30(26)43-3/h4-10,14,16-17,19,24,26,29-30H,11-13,15,18,20H2,1-3H3,(H,36,41)/t24-,26-,29-,30-/m1/s1. The molecule has 1 aliphatic heterocycles. The number of imidazole rings is 1. The number of benzene rings is 1. The van der Waals surface area contributed by atoms with Crippen molar-refractivity contribution in [2.24, 2.45) is 0 Å². The molecule has 228 valence electrons. The number of anilines is 1. The lowest BCUT2D eigenvalue weighted by molar-refractivity contribution is -0.0592. The zero-order valence-corrected chi connectivity index (χ0v) is 25.2. The van der Waals surface area contributed by atoms with E-state index < -0.39 is 0 Å². The maximum atomic E-state index is 13.6. The van der Waals surface area contributed by atoms with Crippen molar-refractivity contribution in [3.63, 3.8) is 0 Å². The summed E-state index contributed by atoms with van der Waals surface area (Å²) in [4.78, 5) is 25.2. The molecule has 4 aromatic heterocycles. The number of amides is 1. The van der Waals surface area contributed by atoms with Crippen molar-refractivity contribution in [3.05, 3.63) is 78.4 Å². The summed E-state index contributed by atoms with van der Waals surface area (Å²) >= 11 is 0. The first-order chi connectivity index (χ1) is 21.6. The van der Waals surface area contributed by atoms with Crippen LogP contribution in [0.2, 0.25) is 0 Å². The van der Waals surface area contributed by atoms with Crippen LogP contribution in [-0.2, 0) is 20.8 Å². The molecule has 7 rings (SSSR count). The second kappa shape index (κ2) is 12.0. The molecule has 0 spiro atoms. The first kappa shape index (κ1) is 28.5. The Bertz CT molecular complexity index is 1780. The van der Waals surface area contributed by atoms with E-state index in [4.69, 9.17) is 29.3 Å². The van der Waals surface area contributed by atoms with Crippen molar-refractivity contribution in [3.8, 4) is 11.3 Å². The molecule has 1 N–H and O–H groups in total. The Balaban J connectivity index is 1.36. The van der Waals surface area contributed by atoms with Crippen LogP contribution >= 0.6 is 0 Å². The molecule has 0 radical (unpaired) electrons. The summed E-state index contributed by atoms with van der Waals surface area (Å²) in [6.07, 6.45) is 8.09. The molecule has 5 heterocycles. The van der Waals surface area contributed by atoms with E-state index in [0.29, 0.717) is 31.1 Å². The molecule has 44 heavy (non-hydrogen) atoms. The van der Waals surface area contributed by atoms with Crippen LogP contribution in [0, 0.1) is 0 Å². The number of pyridine rings is 1. The summed E-state index contributed by atoms with van der Waals surface area (Å²) in [5.74, 6) is -0.222. The number of methoxy groups -OCH3 is 2. The quantitative estimate of drug-likeness (QED) is 0.269. The number of aromatic nitrogens is 5. The molecule has 1 amide bonds. The first-order valence-electron chi connectivity index (χ1n) is 15.1. The van der Waals surface area contributed by atoms with Crippen molar-refractivity contribution < 1.29 is 19.0 Å². The molecule has 11 heteroatoms. The van der Waals surface area contributed by atoms with Gasteiger partial charge in [-0.25, -0.2) is 14.5 Å². The minimum Gasteiger partial charge on any atom is -0.379 e. The van der Waals surface area contributed by atoms with Gasteiger partial charge in [-0.3, -0.25) is 4.79 Å². The normalized spacial score (nSPS) is 21.8. The molecule has 2 fully saturated rings. The second-order valence-electron chi connectivity index (χ2n) is 11.6. The molecular weight excluding hydrogens is 558 g/mol. The average molecular weight is 596 g/mol. The zero-order valence-electron chi connectivity index (χ0n) is 25.2. The van der Waals surface area contributed by atoms with Gasteiger partial charge >= 0.3 is 0 Å². The van der Waals surface area contributed by atoms with Gasteiger partial charge in [0.25, 0.3) is 5.91 Å². The summed E-state index contributed by atoms with van der Waals surface area (Å²) in [5, 5.41) is 9.16. The average Bonchev–Trinajstić information content (AvgIpc) is 3.65. The Kier molecular flexibility index (Phi) is 7.75. The highest BCUT2D eigenvalue weighted by molar-refractivity contribution is 5.96. The molecule has 2 aliphatic rings. The molecule has 1 aliphatic carbocycles. The van der Waals surface area contributed by atoms with E-state index >= 15 is 0 Å². The molecule has 5 aromatic rings. The number of ether oxygens (including phenoxy) is 3. The van der Waals surface area contributed by atoms with E-state index in [2.05, 4.69) is 45.2 Å². The maximum absolute atomic E-state index is 13.6. The molecule has 4 atom stereocenters. The second-order valence-corrected chi connectivity index (χ2v) is 11.6. The Morgan fingerprint density at radius 1 is 1.05 bits per heavy atom. The van der Waals surface area contributed by atoms with Crippen LogP contribution in [0.4, 0.5) is 5.69 Å². The number of carbonyl (C=O) groups is 1. The summed E-state index contributed by atoms with van der Waals surface area (Å²) in [6, 6.07) is 16.4. The SMILES string of the molecule is CO[C@@H]1COCC[C@H]1n1cc(-c2cc(N(C)Cc3ccccc3)c3ncc(C(=O)N[C@@H]4CC[C@H]4OC)n3n2)c2cccnc21. The van der Waals surface area contributed by atoms with Crippen molar-refractivity contribution in [2.45, 2.75) is 50.1 Å². The molecule has 0 bridgehead atoms. The van der Waals surface area contributed by atoms with Gasteiger partial charge in [-0.15, -0.1) is 0 Å². The highest BCUT2D eigenvalue weighted by atomic mass is 16.5. The van der Waals surface area contributed by atoms with Crippen LogP contribution in [0.15, 0.2) is 67.1 Å². The smallest absolute Gasteiger partial charge is 0.271 e. The van der Waals surface area contributed by atoms with Gasteiger partial charge in [0.05, 0.1) is 42.4 Å². The number of nitrogens with zero attached hydrogens (tertiary/aromatic N) is 6. The fraction of sp³-hybridized carbons (Fsp3) is 0.394. The van der Waals surface area contributed by atoms with Gasteiger partial charge in [0.15, 0.2) is 11.3 Å². The first-order valence-corrected chi connectivity index (χ1v) is 15.1. The molecule has 1 saturated heterocycles. The third-order valence-electron chi connectivity index (χ3n) is 8.98. The highest BCUT2D eigenvalue weighted by Gasteiger charge is 2.34. The van der Waals surface area contributed by atoms with E-state index in [1.54, 1.807) is 24.9 Å². The third-order valence-corrected chi connectivity index (χ3v) is 8.98. The van der Waals surface area contributed by atoms with Gasteiger partial charge in [0, 0.05) is 57.8 Å². The topological polar surface area (TPSA) is 108 Å². The molecule has 11 nitrogen and oxygen atoms in total. The molecule has 0 unspecified atom stereocenters. The molecular formula is C33H37N7O4. The predicted molar refractivity (Wildman–Crippen MR) is 167 cm³/mol. The van der Waals surface area contributed by atoms with Crippen LogP contribution in [0.3, 0.4) is 0 Å². The van der Waals surface area contributed by atoms with Gasteiger partial charge in [0.1, 0.15) is 11.8 Å². The fourth-order valence-electron chi connectivity index (χ4n) is 6.40. The monoisotopic (exact) mass is 595 g/mol. The van der Waals surface area contributed by atoms with Gasteiger partial charge in [-0.2, -0.15) is 5.10 Å². The Labute approximate surface area is 255 Å².